The van der Waals surface area contributed by atoms with E-state index < -0.39 is 11.9 Å². The smallest absolute Gasteiger partial charge is 0.308 e. The van der Waals surface area contributed by atoms with Crippen LogP contribution in [-0.2, 0) is 16.0 Å². The van der Waals surface area contributed by atoms with E-state index in [1.54, 1.807) is 37.3 Å². The molecule has 6 heteroatoms. The minimum absolute atomic E-state index is 0.0982. The molecular formula is C21H23NO5. The summed E-state index contributed by atoms with van der Waals surface area (Å²) in [5.74, 6) is -0.688. The van der Waals surface area contributed by atoms with Crippen molar-refractivity contribution in [3.05, 3.63) is 59.7 Å². The van der Waals surface area contributed by atoms with Gasteiger partial charge in [-0.2, -0.15) is 0 Å². The van der Waals surface area contributed by atoms with Gasteiger partial charge in [0, 0.05) is 24.6 Å². The number of methoxy groups -OCH3 is 2. The van der Waals surface area contributed by atoms with Crippen LogP contribution in [0.25, 0.3) is 0 Å². The molecule has 0 bridgehead atoms. The van der Waals surface area contributed by atoms with Gasteiger partial charge in [-0.05, 0) is 17.7 Å². The average Bonchev–Trinajstić information content (AvgIpc) is 3.15. The molecule has 2 aromatic rings. The fraction of sp³-hybridized carbons (Fsp3) is 0.333. The van der Waals surface area contributed by atoms with Crippen LogP contribution < -0.4 is 9.47 Å². The number of carboxylic acids is 1. The van der Waals surface area contributed by atoms with Crippen molar-refractivity contribution in [2.45, 2.75) is 12.3 Å². The van der Waals surface area contributed by atoms with Crippen molar-refractivity contribution < 1.29 is 24.2 Å². The lowest BCUT2D eigenvalue weighted by Crippen LogP contribution is -2.31. The second kappa shape index (κ2) is 8.12. The zero-order chi connectivity index (χ0) is 19.4. The number of hydrogen-bond donors (Lipinski definition) is 1. The summed E-state index contributed by atoms with van der Waals surface area (Å²) in [7, 11) is 3.09. The molecule has 1 amide bonds. The molecule has 0 spiro atoms. The molecule has 1 aliphatic heterocycles. The van der Waals surface area contributed by atoms with Gasteiger partial charge in [-0.3, -0.25) is 9.59 Å². The van der Waals surface area contributed by atoms with Gasteiger partial charge in [-0.1, -0.05) is 36.4 Å². The number of amides is 1. The number of carbonyl (C=O) groups is 2. The normalized spacial score (nSPS) is 19.0. The van der Waals surface area contributed by atoms with Gasteiger partial charge in [-0.15, -0.1) is 0 Å². The fourth-order valence-electron chi connectivity index (χ4n) is 3.66. The Morgan fingerprint density at radius 2 is 1.63 bits per heavy atom. The Bertz CT molecular complexity index is 798. The predicted octanol–water partition coefficient (Wildman–Crippen LogP) is 2.57. The van der Waals surface area contributed by atoms with Crippen LogP contribution in [0.1, 0.15) is 17.0 Å². The number of aliphatic carboxylic acids is 1. The van der Waals surface area contributed by atoms with Gasteiger partial charge in [0.15, 0.2) is 0 Å². The second-order valence-electron chi connectivity index (χ2n) is 6.58. The maximum absolute atomic E-state index is 12.9. The van der Waals surface area contributed by atoms with Crippen LogP contribution in [0.3, 0.4) is 0 Å². The number of rotatable bonds is 6. The third-order valence-corrected chi connectivity index (χ3v) is 5.08. The number of carboxylic acid groups (broad SMARTS) is 1. The molecule has 1 N–H and O–H groups in total. The Morgan fingerprint density at radius 1 is 1.00 bits per heavy atom. The Morgan fingerprint density at radius 3 is 2.19 bits per heavy atom. The van der Waals surface area contributed by atoms with Gasteiger partial charge < -0.3 is 19.5 Å². The van der Waals surface area contributed by atoms with Gasteiger partial charge in [-0.25, -0.2) is 0 Å². The molecule has 1 heterocycles. The molecule has 27 heavy (non-hydrogen) atoms. The highest BCUT2D eigenvalue weighted by Crippen LogP contribution is 2.34. The van der Waals surface area contributed by atoms with Crippen molar-refractivity contribution >= 4 is 11.9 Å². The van der Waals surface area contributed by atoms with Crippen LogP contribution in [0.5, 0.6) is 11.5 Å². The van der Waals surface area contributed by atoms with Crippen molar-refractivity contribution in [3.8, 4) is 11.5 Å². The number of benzene rings is 2. The van der Waals surface area contributed by atoms with Crippen LogP contribution in [-0.4, -0.2) is 49.2 Å². The number of hydrogen-bond acceptors (Lipinski definition) is 4. The lowest BCUT2D eigenvalue weighted by Gasteiger charge is -2.19. The van der Waals surface area contributed by atoms with E-state index >= 15 is 0 Å². The maximum Gasteiger partial charge on any atom is 0.308 e. The first kappa shape index (κ1) is 18.8. The van der Waals surface area contributed by atoms with Crippen LogP contribution in [0.15, 0.2) is 48.5 Å². The topological polar surface area (TPSA) is 76.1 Å². The lowest BCUT2D eigenvalue weighted by molar-refractivity contribution is -0.141. The first-order valence-corrected chi connectivity index (χ1v) is 8.80. The molecule has 0 radical (unpaired) electrons. The third-order valence-electron chi connectivity index (χ3n) is 5.08. The van der Waals surface area contributed by atoms with E-state index in [0.717, 1.165) is 5.56 Å². The summed E-state index contributed by atoms with van der Waals surface area (Å²) in [6.07, 6.45) is 0.0982. The van der Waals surface area contributed by atoms with E-state index in [4.69, 9.17) is 9.47 Å². The first-order valence-electron chi connectivity index (χ1n) is 8.80. The van der Waals surface area contributed by atoms with E-state index in [9.17, 15) is 14.7 Å². The first-order chi connectivity index (χ1) is 13.0. The number of carbonyl (C=O) groups excluding carboxylic acids is 1. The molecule has 1 saturated heterocycles. The Labute approximate surface area is 158 Å². The summed E-state index contributed by atoms with van der Waals surface area (Å²) in [4.78, 5) is 26.3. The van der Waals surface area contributed by atoms with Gasteiger partial charge in [0.1, 0.15) is 11.5 Å². The molecule has 6 nitrogen and oxygen atoms in total. The fourth-order valence-corrected chi connectivity index (χ4v) is 3.66. The maximum atomic E-state index is 12.9. The van der Waals surface area contributed by atoms with Gasteiger partial charge >= 0.3 is 5.97 Å². The van der Waals surface area contributed by atoms with Gasteiger partial charge in [0.05, 0.1) is 26.6 Å². The molecule has 0 aromatic heterocycles. The zero-order valence-corrected chi connectivity index (χ0v) is 15.4. The van der Waals surface area contributed by atoms with E-state index in [1.165, 1.54) is 0 Å². The summed E-state index contributed by atoms with van der Waals surface area (Å²) < 4.78 is 10.7. The van der Waals surface area contributed by atoms with Crippen LogP contribution in [0, 0.1) is 5.92 Å². The standard InChI is InChI=1S/C21H23NO5/c1-26-18-9-6-10-19(27-2)15(18)11-20(23)22-12-16(17(13-22)21(24)25)14-7-4-3-5-8-14/h3-10,16-17H,11-13H2,1-2H3,(H,24,25)/t16-,17-/m0/s1. The summed E-state index contributed by atoms with van der Waals surface area (Å²) in [6, 6.07) is 14.9. The second-order valence-corrected chi connectivity index (χ2v) is 6.58. The zero-order valence-electron chi connectivity index (χ0n) is 15.4. The van der Waals surface area contributed by atoms with Gasteiger partial charge in [0.25, 0.3) is 0 Å². The molecule has 2 atom stereocenters. The largest absolute Gasteiger partial charge is 0.496 e. The summed E-state index contributed by atoms with van der Waals surface area (Å²) in [6.45, 7) is 0.586. The minimum Gasteiger partial charge on any atom is -0.496 e. The highest BCUT2D eigenvalue weighted by molar-refractivity contribution is 5.82. The van der Waals surface area contributed by atoms with Crippen molar-refractivity contribution in [3.63, 3.8) is 0 Å². The monoisotopic (exact) mass is 369 g/mol. The molecule has 1 aliphatic rings. The summed E-state index contributed by atoms with van der Waals surface area (Å²) in [5, 5.41) is 9.62. The van der Waals surface area contributed by atoms with Crippen LogP contribution in [0.2, 0.25) is 0 Å². The van der Waals surface area contributed by atoms with E-state index in [0.29, 0.717) is 23.6 Å². The SMILES string of the molecule is COc1cccc(OC)c1CC(=O)N1C[C@H](C(=O)O)[C@H](c2ccccc2)C1. The quantitative estimate of drug-likeness (QED) is 0.847. The van der Waals surface area contributed by atoms with Crippen molar-refractivity contribution in [1.82, 2.24) is 4.90 Å². The number of likely N-dealkylation sites (tertiary alicyclic amines) is 1. The Kier molecular flexibility index (Phi) is 5.64. The summed E-state index contributed by atoms with van der Waals surface area (Å²) in [5.41, 5.74) is 1.61. The molecular weight excluding hydrogens is 346 g/mol. The van der Waals surface area contributed by atoms with Gasteiger partial charge in [0.2, 0.25) is 5.91 Å². The van der Waals surface area contributed by atoms with Crippen molar-refractivity contribution in [2.75, 3.05) is 27.3 Å². The van der Waals surface area contributed by atoms with Crippen LogP contribution in [0.4, 0.5) is 0 Å². The van der Waals surface area contributed by atoms with E-state index in [-0.39, 0.29) is 24.8 Å². The molecule has 0 aliphatic carbocycles. The Hall–Kier alpha value is -3.02. The molecule has 0 saturated carbocycles. The molecule has 3 rings (SSSR count). The van der Waals surface area contributed by atoms with E-state index in [1.807, 2.05) is 30.3 Å². The minimum atomic E-state index is -0.881. The Balaban J connectivity index is 1.81. The van der Waals surface area contributed by atoms with Crippen LogP contribution >= 0.6 is 0 Å². The highest BCUT2D eigenvalue weighted by atomic mass is 16.5. The molecule has 0 unspecified atom stereocenters. The average molecular weight is 369 g/mol. The molecule has 2 aromatic carbocycles. The highest BCUT2D eigenvalue weighted by Gasteiger charge is 2.40. The molecule has 142 valence electrons. The van der Waals surface area contributed by atoms with E-state index in [2.05, 4.69) is 0 Å². The number of nitrogens with zero attached hydrogens (tertiary/aromatic N) is 1. The summed E-state index contributed by atoms with van der Waals surface area (Å²) >= 11 is 0. The molecule has 1 fully saturated rings. The third kappa shape index (κ3) is 3.89. The predicted molar refractivity (Wildman–Crippen MR) is 100 cm³/mol. The van der Waals surface area contributed by atoms with Crippen molar-refractivity contribution in [1.29, 1.82) is 0 Å². The van der Waals surface area contributed by atoms with Crippen molar-refractivity contribution in [2.24, 2.45) is 5.92 Å². The lowest BCUT2D eigenvalue weighted by atomic mass is 9.89. The number of ether oxygens (including phenoxy) is 2.